The second-order valence-corrected chi connectivity index (χ2v) is 6.84. The predicted octanol–water partition coefficient (Wildman–Crippen LogP) is 5.34. The van der Waals surface area contributed by atoms with E-state index >= 15 is 0 Å². The molecular weight excluding hydrogens is 392 g/mol. The van der Waals surface area contributed by atoms with Gasteiger partial charge in [-0.1, -0.05) is 12.1 Å². The summed E-state index contributed by atoms with van der Waals surface area (Å²) in [5.41, 5.74) is -1.30. The van der Waals surface area contributed by atoms with Crippen molar-refractivity contribution in [3.8, 4) is 0 Å². The van der Waals surface area contributed by atoms with Crippen molar-refractivity contribution in [1.29, 1.82) is 0 Å². The zero-order chi connectivity index (χ0) is 19.7. The largest absolute Gasteiger partial charge is 0.606 e. The minimum atomic E-state index is -4.63. The lowest BCUT2D eigenvalue weighted by Gasteiger charge is -2.13. The van der Waals surface area contributed by atoms with Crippen molar-refractivity contribution < 1.29 is 39.7 Å². The lowest BCUT2D eigenvalue weighted by molar-refractivity contribution is -0.128. The average Bonchev–Trinajstić information content (AvgIpc) is 2.48. The van der Waals surface area contributed by atoms with E-state index in [-0.39, 0.29) is 9.79 Å². The Bertz CT molecular complexity index is 719. The summed E-state index contributed by atoms with van der Waals surface area (Å²) in [5, 5.41) is 0. The molecule has 0 amide bonds. The van der Waals surface area contributed by atoms with E-state index in [4.69, 9.17) is 0 Å². The molecule has 0 aromatic heterocycles. The van der Waals surface area contributed by atoms with Crippen molar-refractivity contribution in [2.75, 3.05) is 0 Å². The van der Waals surface area contributed by atoms with Gasteiger partial charge in [-0.25, -0.2) is 8.78 Å². The number of alkyl halides is 6. The molecule has 0 atom stereocenters. The monoisotopic (exact) mass is 402 g/mol. The fourth-order valence-electron chi connectivity index (χ4n) is 2.14. The molecule has 10 heteroatoms. The first-order valence-electron chi connectivity index (χ1n) is 6.98. The van der Waals surface area contributed by atoms with Gasteiger partial charge in [-0.2, -0.15) is 26.3 Å². The van der Waals surface area contributed by atoms with E-state index in [2.05, 4.69) is 0 Å². The Hall–Kier alpha value is -1.81. The third-order valence-electron chi connectivity index (χ3n) is 3.26. The summed E-state index contributed by atoms with van der Waals surface area (Å²) in [6.45, 7) is 0. The van der Waals surface area contributed by atoms with Crippen molar-refractivity contribution in [3.05, 3.63) is 59.2 Å². The lowest BCUT2D eigenvalue weighted by Crippen LogP contribution is -2.14. The Labute approximate surface area is 145 Å². The maximum Gasteiger partial charge on any atom is 0.393 e. The van der Waals surface area contributed by atoms with Crippen LogP contribution in [0, 0.1) is 11.6 Å². The normalized spacial score (nSPS) is 12.7. The summed E-state index contributed by atoms with van der Waals surface area (Å²) in [4.78, 5) is -0.479. The van der Waals surface area contributed by atoms with E-state index in [1.54, 1.807) is 0 Å². The zero-order valence-electron chi connectivity index (χ0n) is 12.7. The quantitative estimate of drug-likeness (QED) is 0.500. The molecule has 142 valence electrons. The van der Waals surface area contributed by atoms with Gasteiger partial charge >= 0.3 is 12.4 Å². The number of benzene rings is 2. The molecule has 0 spiro atoms. The van der Waals surface area contributed by atoms with Crippen LogP contribution in [-0.4, -0.2) is 16.9 Å². The molecule has 2 rings (SSSR count). The molecule has 0 aliphatic rings. The molecule has 26 heavy (non-hydrogen) atoms. The molecule has 0 aliphatic heterocycles. The van der Waals surface area contributed by atoms with E-state index in [9.17, 15) is 39.7 Å². The molecule has 0 unspecified atom stereocenters. The highest BCUT2D eigenvalue weighted by molar-refractivity contribution is 7.91. The fraction of sp³-hybridized carbons (Fsp3) is 0.250. The average molecular weight is 402 g/mol. The Kier molecular flexibility index (Phi) is 5.86. The van der Waals surface area contributed by atoms with Gasteiger partial charge in [-0.05, 0) is 23.3 Å². The first kappa shape index (κ1) is 20.5. The summed E-state index contributed by atoms with van der Waals surface area (Å²) in [5.74, 6) is -2.47. The minimum absolute atomic E-state index is 0.239. The molecule has 0 fully saturated rings. The van der Waals surface area contributed by atoms with Crippen LogP contribution < -0.4 is 0 Å². The highest BCUT2D eigenvalue weighted by Crippen LogP contribution is 2.29. The number of halogens is 8. The van der Waals surface area contributed by atoms with Crippen LogP contribution in [-0.2, 0) is 24.0 Å². The SMILES string of the molecule is [O-][S+](c1ccc(CC(F)(F)F)c(F)c1)c1ccc(CC(F)(F)F)c(F)c1. The van der Waals surface area contributed by atoms with Gasteiger partial charge in [0.15, 0.2) is 9.79 Å². The number of hydrogen-bond acceptors (Lipinski definition) is 1. The van der Waals surface area contributed by atoms with Gasteiger partial charge in [0.05, 0.1) is 12.8 Å². The van der Waals surface area contributed by atoms with Gasteiger partial charge in [0.25, 0.3) is 0 Å². The third-order valence-corrected chi connectivity index (χ3v) is 4.62. The molecule has 0 heterocycles. The van der Waals surface area contributed by atoms with Crippen LogP contribution in [0.4, 0.5) is 35.1 Å². The van der Waals surface area contributed by atoms with Crippen molar-refractivity contribution in [3.63, 3.8) is 0 Å². The molecule has 0 N–H and O–H groups in total. The topological polar surface area (TPSA) is 23.1 Å². The first-order chi connectivity index (χ1) is 11.9. The molecule has 0 saturated carbocycles. The van der Waals surface area contributed by atoms with E-state index in [1.165, 1.54) is 0 Å². The highest BCUT2D eigenvalue weighted by atomic mass is 32.2. The summed E-state index contributed by atoms with van der Waals surface area (Å²) >= 11 is -2.17. The number of rotatable bonds is 4. The Morgan fingerprint density at radius 1 is 0.692 bits per heavy atom. The molecular formula is C16H10F8OS. The van der Waals surface area contributed by atoms with E-state index < -0.39 is 59.1 Å². The van der Waals surface area contributed by atoms with Crippen LogP contribution in [0.5, 0.6) is 0 Å². The van der Waals surface area contributed by atoms with Crippen LogP contribution in [0.2, 0.25) is 0 Å². The molecule has 0 aliphatic carbocycles. The molecule has 0 bridgehead atoms. The van der Waals surface area contributed by atoms with Gasteiger partial charge in [-0.3, -0.25) is 0 Å². The zero-order valence-corrected chi connectivity index (χ0v) is 13.5. The Morgan fingerprint density at radius 3 is 1.31 bits per heavy atom. The van der Waals surface area contributed by atoms with E-state index in [1.807, 2.05) is 0 Å². The number of hydrogen-bond donors (Lipinski definition) is 0. The standard InChI is InChI=1S/C16H10F8OS/c17-13-5-11(3-1-9(13)7-15(19,20)21)26(25)12-4-2-10(14(18)6-12)8-16(22,23)24/h1-6H,7-8H2. The maximum absolute atomic E-state index is 13.8. The van der Waals surface area contributed by atoms with Gasteiger partial charge < -0.3 is 4.55 Å². The molecule has 0 radical (unpaired) electrons. The van der Waals surface area contributed by atoms with Crippen LogP contribution in [0.25, 0.3) is 0 Å². The van der Waals surface area contributed by atoms with Crippen LogP contribution in [0.1, 0.15) is 11.1 Å². The summed E-state index contributed by atoms with van der Waals surface area (Å²) < 4.78 is 114. The summed E-state index contributed by atoms with van der Waals surface area (Å²) in [6.07, 6.45) is -12.3. The van der Waals surface area contributed by atoms with Gasteiger partial charge in [0, 0.05) is 23.3 Å². The van der Waals surface area contributed by atoms with E-state index in [0.717, 1.165) is 24.3 Å². The predicted molar refractivity (Wildman–Crippen MR) is 77.0 cm³/mol. The van der Waals surface area contributed by atoms with Crippen molar-refractivity contribution >= 4 is 11.2 Å². The second-order valence-electron chi connectivity index (χ2n) is 5.36. The van der Waals surface area contributed by atoms with Crippen molar-refractivity contribution in [2.24, 2.45) is 0 Å². The third kappa shape index (κ3) is 5.60. The van der Waals surface area contributed by atoms with Crippen LogP contribution in [0.3, 0.4) is 0 Å². The smallest absolute Gasteiger partial charge is 0.393 e. The molecule has 2 aromatic carbocycles. The second kappa shape index (κ2) is 7.43. The van der Waals surface area contributed by atoms with E-state index in [0.29, 0.717) is 12.1 Å². The summed E-state index contributed by atoms with van der Waals surface area (Å²) in [7, 11) is 0. The highest BCUT2D eigenvalue weighted by Gasteiger charge is 2.31. The fourth-order valence-corrected chi connectivity index (χ4v) is 3.22. The Balaban J connectivity index is 2.25. The van der Waals surface area contributed by atoms with Gasteiger partial charge in [0.1, 0.15) is 11.6 Å². The molecule has 1 nitrogen and oxygen atoms in total. The lowest BCUT2D eigenvalue weighted by atomic mass is 10.1. The first-order valence-corrected chi connectivity index (χ1v) is 8.13. The van der Waals surface area contributed by atoms with Gasteiger partial charge in [-0.15, -0.1) is 0 Å². The van der Waals surface area contributed by atoms with Crippen molar-refractivity contribution in [1.82, 2.24) is 0 Å². The molecule has 2 aromatic rings. The van der Waals surface area contributed by atoms with Gasteiger partial charge in [0.2, 0.25) is 0 Å². The van der Waals surface area contributed by atoms with Crippen LogP contribution in [0.15, 0.2) is 46.2 Å². The Morgan fingerprint density at radius 2 is 1.04 bits per heavy atom. The summed E-state index contributed by atoms with van der Waals surface area (Å²) in [6, 6.07) is 4.84. The molecule has 0 saturated heterocycles. The maximum atomic E-state index is 13.8. The minimum Gasteiger partial charge on any atom is -0.606 e. The van der Waals surface area contributed by atoms with Crippen molar-refractivity contribution in [2.45, 2.75) is 35.0 Å². The van der Waals surface area contributed by atoms with Crippen LogP contribution >= 0.6 is 0 Å².